The summed E-state index contributed by atoms with van der Waals surface area (Å²) in [5.74, 6) is 0.940. The number of nitrogens with zero attached hydrogens (tertiary/aromatic N) is 1. The summed E-state index contributed by atoms with van der Waals surface area (Å²) >= 11 is 0. The van der Waals surface area contributed by atoms with Crippen molar-refractivity contribution in [3.8, 4) is 0 Å². The van der Waals surface area contributed by atoms with Gasteiger partial charge in [0.15, 0.2) is 0 Å². The van der Waals surface area contributed by atoms with Crippen LogP contribution in [-0.2, 0) is 10.2 Å². The van der Waals surface area contributed by atoms with Crippen LogP contribution in [0.1, 0.15) is 70.4 Å². The van der Waals surface area contributed by atoms with E-state index in [1.54, 1.807) is 0 Å². The topological polar surface area (TPSA) is 78.5 Å². The molecule has 0 radical (unpaired) electrons. The number of carbonyl (C=O) groups excluding carboxylic acids is 1. The fourth-order valence-electron chi connectivity index (χ4n) is 3.24. The Morgan fingerprint density at radius 2 is 1.58 bits per heavy atom. The monoisotopic (exact) mass is 381 g/mol. The maximum atomic E-state index is 12.5. The summed E-state index contributed by atoms with van der Waals surface area (Å²) in [4.78, 5) is 12.5. The SMILES string of the molecule is CC1CCN(S(=O)(=O)NC(=O)Nc2c(C(C)C)cccc2C(C)C)CC1. The Labute approximate surface area is 157 Å². The molecule has 0 aliphatic carbocycles. The maximum Gasteiger partial charge on any atom is 0.333 e. The van der Waals surface area contributed by atoms with Gasteiger partial charge in [0.1, 0.15) is 0 Å². The number of carbonyl (C=O) groups is 1. The van der Waals surface area contributed by atoms with Crippen molar-refractivity contribution in [3.63, 3.8) is 0 Å². The van der Waals surface area contributed by atoms with Gasteiger partial charge in [-0.3, -0.25) is 0 Å². The van der Waals surface area contributed by atoms with Gasteiger partial charge in [-0.2, -0.15) is 12.7 Å². The number of amides is 2. The Morgan fingerprint density at radius 3 is 2.04 bits per heavy atom. The van der Waals surface area contributed by atoms with E-state index in [-0.39, 0.29) is 11.8 Å². The second-order valence-electron chi connectivity index (χ2n) is 7.76. The molecule has 1 saturated heterocycles. The summed E-state index contributed by atoms with van der Waals surface area (Å²) < 4.78 is 28.5. The Hall–Kier alpha value is -1.60. The lowest BCUT2D eigenvalue weighted by Crippen LogP contribution is -2.48. The van der Waals surface area contributed by atoms with Gasteiger partial charge in [-0.1, -0.05) is 52.8 Å². The standard InChI is InChI=1S/C19H31N3O3S/c1-13(2)16-7-6-8-17(14(3)4)18(16)20-19(23)21-26(24,25)22-11-9-15(5)10-12-22/h6-8,13-15H,9-12H2,1-5H3,(H2,20,21,23). The van der Waals surface area contributed by atoms with Crippen LogP contribution in [0.15, 0.2) is 18.2 Å². The van der Waals surface area contributed by atoms with Crippen LogP contribution in [0.3, 0.4) is 0 Å². The first-order valence-corrected chi connectivity index (χ1v) is 10.8. The Balaban J connectivity index is 2.17. The summed E-state index contributed by atoms with van der Waals surface area (Å²) in [6.45, 7) is 11.2. The zero-order chi connectivity index (χ0) is 19.5. The zero-order valence-corrected chi connectivity index (χ0v) is 17.2. The van der Waals surface area contributed by atoms with Crippen LogP contribution in [-0.4, -0.2) is 31.8 Å². The summed E-state index contributed by atoms with van der Waals surface area (Å²) in [6.07, 6.45) is 1.63. The minimum atomic E-state index is -3.82. The summed E-state index contributed by atoms with van der Waals surface area (Å²) in [7, 11) is -3.82. The molecular weight excluding hydrogens is 350 g/mol. The lowest BCUT2D eigenvalue weighted by molar-refractivity contribution is 0.253. The highest BCUT2D eigenvalue weighted by Gasteiger charge is 2.28. The number of anilines is 1. The third-order valence-corrected chi connectivity index (χ3v) is 6.40. The van der Waals surface area contributed by atoms with Crippen LogP contribution in [0.5, 0.6) is 0 Å². The molecule has 1 aliphatic heterocycles. The van der Waals surface area contributed by atoms with E-state index >= 15 is 0 Å². The average Bonchev–Trinajstić information content (AvgIpc) is 2.54. The van der Waals surface area contributed by atoms with Crippen LogP contribution in [0.4, 0.5) is 10.5 Å². The summed E-state index contributed by atoms with van der Waals surface area (Å²) in [5.41, 5.74) is 2.70. The van der Waals surface area contributed by atoms with Crippen molar-refractivity contribution >= 4 is 21.9 Å². The predicted molar refractivity (Wildman–Crippen MR) is 106 cm³/mol. The van der Waals surface area contributed by atoms with Crippen LogP contribution in [0.2, 0.25) is 0 Å². The second-order valence-corrected chi connectivity index (χ2v) is 9.43. The normalized spacial score (nSPS) is 16.9. The van der Waals surface area contributed by atoms with Crippen LogP contribution in [0, 0.1) is 5.92 Å². The summed E-state index contributed by atoms with van der Waals surface area (Å²) in [5, 5.41) is 2.79. The lowest BCUT2D eigenvalue weighted by atomic mass is 9.93. The molecule has 0 aromatic heterocycles. The molecule has 1 aromatic carbocycles. The van der Waals surface area contributed by atoms with Gasteiger partial charge in [-0.05, 0) is 41.7 Å². The lowest BCUT2D eigenvalue weighted by Gasteiger charge is -2.29. The van der Waals surface area contributed by atoms with E-state index < -0.39 is 16.2 Å². The van der Waals surface area contributed by atoms with E-state index in [0.29, 0.717) is 24.7 Å². The van der Waals surface area contributed by atoms with E-state index in [2.05, 4.69) is 17.0 Å². The molecule has 2 amide bonds. The Morgan fingerprint density at radius 1 is 1.08 bits per heavy atom. The number of hydrogen-bond donors (Lipinski definition) is 2. The smallest absolute Gasteiger partial charge is 0.307 e. The molecule has 6 nitrogen and oxygen atoms in total. The van der Waals surface area contributed by atoms with Crippen molar-refractivity contribution in [1.82, 2.24) is 9.03 Å². The number of hydrogen-bond acceptors (Lipinski definition) is 3. The third kappa shape index (κ3) is 4.98. The quantitative estimate of drug-likeness (QED) is 0.808. The molecule has 0 atom stereocenters. The van der Waals surface area contributed by atoms with Gasteiger partial charge < -0.3 is 5.32 Å². The minimum absolute atomic E-state index is 0.212. The molecule has 2 N–H and O–H groups in total. The Bertz CT molecular complexity index is 710. The molecule has 0 unspecified atom stereocenters. The van der Waals surface area contributed by atoms with Crippen LogP contribution in [0.25, 0.3) is 0 Å². The van der Waals surface area contributed by atoms with Gasteiger partial charge in [-0.15, -0.1) is 0 Å². The number of benzene rings is 1. The van der Waals surface area contributed by atoms with E-state index in [1.165, 1.54) is 4.31 Å². The number of rotatable bonds is 5. The van der Waals surface area contributed by atoms with Crippen molar-refractivity contribution in [3.05, 3.63) is 29.3 Å². The van der Waals surface area contributed by atoms with Crippen molar-refractivity contribution < 1.29 is 13.2 Å². The molecule has 2 rings (SSSR count). The van der Waals surface area contributed by atoms with Gasteiger partial charge in [0.05, 0.1) is 0 Å². The van der Waals surface area contributed by atoms with Gasteiger partial charge in [0.2, 0.25) is 0 Å². The first-order valence-electron chi connectivity index (χ1n) is 9.33. The maximum absolute atomic E-state index is 12.5. The molecule has 1 heterocycles. The first kappa shape index (κ1) is 20.7. The van der Waals surface area contributed by atoms with Crippen molar-refractivity contribution in [2.24, 2.45) is 5.92 Å². The van der Waals surface area contributed by atoms with E-state index in [1.807, 2.05) is 45.9 Å². The molecule has 0 spiro atoms. The van der Waals surface area contributed by atoms with Crippen molar-refractivity contribution in [1.29, 1.82) is 0 Å². The predicted octanol–water partition coefficient (Wildman–Crippen LogP) is 4.03. The first-order chi connectivity index (χ1) is 12.1. The highest BCUT2D eigenvalue weighted by molar-refractivity contribution is 7.87. The van der Waals surface area contributed by atoms with Crippen molar-refractivity contribution in [2.45, 2.75) is 59.3 Å². The van der Waals surface area contributed by atoms with Gasteiger partial charge >= 0.3 is 16.2 Å². The number of urea groups is 1. The van der Waals surface area contributed by atoms with Gasteiger partial charge in [0, 0.05) is 18.8 Å². The van der Waals surface area contributed by atoms with E-state index in [4.69, 9.17) is 0 Å². The fourth-order valence-corrected chi connectivity index (χ4v) is 4.35. The molecule has 0 bridgehead atoms. The summed E-state index contributed by atoms with van der Waals surface area (Å²) in [6, 6.07) is 5.19. The van der Waals surface area contributed by atoms with Crippen LogP contribution < -0.4 is 10.0 Å². The minimum Gasteiger partial charge on any atom is -0.307 e. The number of piperidine rings is 1. The van der Waals surface area contributed by atoms with Gasteiger partial charge in [-0.25, -0.2) is 9.52 Å². The van der Waals surface area contributed by atoms with Crippen LogP contribution >= 0.6 is 0 Å². The average molecular weight is 382 g/mol. The second kappa shape index (κ2) is 8.39. The molecule has 0 saturated carbocycles. The van der Waals surface area contributed by atoms with E-state index in [0.717, 1.165) is 24.0 Å². The van der Waals surface area contributed by atoms with Gasteiger partial charge in [0.25, 0.3) is 0 Å². The molecule has 1 aliphatic rings. The molecule has 146 valence electrons. The third-order valence-electron chi connectivity index (χ3n) is 4.92. The van der Waals surface area contributed by atoms with E-state index in [9.17, 15) is 13.2 Å². The highest BCUT2D eigenvalue weighted by atomic mass is 32.2. The molecular formula is C19H31N3O3S. The molecule has 1 aromatic rings. The fraction of sp³-hybridized carbons (Fsp3) is 0.632. The number of nitrogens with one attached hydrogen (secondary N) is 2. The Kier molecular flexibility index (Phi) is 6.69. The largest absolute Gasteiger partial charge is 0.333 e. The number of para-hydroxylation sites is 1. The molecule has 7 heteroatoms. The molecule has 1 fully saturated rings. The van der Waals surface area contributed by atoms with Crippen molar-refractivity contribution in [2.75, 3.05) is 18.4 Å². The highest BCUT2D eigenvalue weighted by Crippen LogP contribution is 2.32. The zero-order valence-electron chi connectivity index (χ0n) is 16.4. The molecule has 26 heavy (non-hydrogen) atoms.